The Balaban J connectivity index is 1.69. The molecular weight excluding hydrogens is 318 g/mol. The smallest absolute Gasteiger partial charge is 0.218 e. The maximum atomic E-state index is 9.50. The van der Waals surface area contributed by atoms with Gasteiger partial charge in [-0.1, -0.05) is 6.07 Å². The van der Waals surface area contributed by atoms with E-state index in [4.69, 9.17) is 4.74 Å². The second kappa shape index (κ2) is 8.11. The van der Waals surface area contributed by atoms with E-state index in [0.29, 0.717) is 12.4 Å². The Morgan fingerprint density at radius 3 is 3.04 bits per heavy atom. The Morgan fingerprint density at radius 1 is 1.36 bits per heavy atom. The van der Waals surface area contributed by atoms with Crippen LogP contribution in [0.4, 0.5) is 11.6 Å². The number of anilines is 2. The molecule has 3 rings (SSSR count). The van der Waals surface area contributed by atoms with Crippen LogP contribution >= 0.6 is 0 Å². The molecule has 2 N–H and O–H groups in total. The normalized spacial score (nSPS) is 17.1. The molecule has 1 saturated heterocycles. The van der Waals surface area contributed by atoms with Gasteiger partial charge in [0.1, 0.15) is 18.0 Å². The first kappa shape index (κ1) is 17.4. The lowest BCUT2D eigenvalue weighted by atomic mass is 10.2. The summed E-state index contributed by atoms with van der Waals surface area (Å²) in [5.74, 6) is 2.23. The summed E-state index contributed by atoms with van der Waals surface area (Å²) in [5.41, 5.74) is 0.978. The van der Waals surface area contributed by atoms with Crippen molar-refractivity contribution in [2.24, 2.45) is 0 Å². The van der Waals surface area contributed by atoms with Gasteiger partial charge in [0, 0.05) is 30.9 Å². The van der Waals surface area contributed by atoms with E-state index in [9.17, 15) is 5.11 Å². The van der Waals surface area contributed by atoms with Crippen LogP contribution in [0.5, 0.6) is 5.88 Å². The van der Waals surface area contributed by atoms with Crippen molar-refractivity contribution in [1.82, 2.24) is 15.0 Å². The number of hydrogen-bond donors (Lipinski definition) is 2. The average Bonchev–Trinajstić information content (AvgIpc) is 3.09. The fraction of sp³-hybridized carbons (Fsp3) is 0.500. The Labute approximate surface area is 148 Å². The summed E-state index contributed by atoms with van der Waals surface area (Å²) in [5, 5.41) is 12.8. The molecule has 0 aromatic carbocycles. The van der Waals surface area contributed by atoms with E-state index >= 15 is 0 Å². The standard InChI is InChI=1S/C18H25N5O2/c1-13(2)25-18-14(5-3-7-19-18)10-20-16-9-17(22-12-21-16)23-8-4-6-15(23)11-24/h3,5,7,9,12-13,15,24H,4,6,8,10-11H2,1-2H3,(H,20,21,22)/t15-/m0/s1. The molecule has 1 fully saturated rings. The van der Waals surface area contributed by atoms with Crippen LogP contribution in [0.3, 0.4) is 0 Å². The van der Waals surface area contributed by atoms with Gasteiger partial charge in [0.25, 0.3) is 0 Å². The second-order valence-corrected chi connectivity index (χ2v) is 6.42. The molecule has 0 radical (unpaired) electrons. The molecule has 7 nitrogen and oxygen atoms in total. The number of aliphatic hydroxyl groups is 1. The predicted molar refractivity (Wildman–Crippen MR) is 96.8 cm³/mol. The van der Waals surface area contributed by atoms with Gasteiger partial charge in [-0.15, -0.1) is 0 Å². The van der Waals surface area contributed by atoms with Crippen molar-refractivity contribution in [3.8, 4) is 5.88 Å². The van der Waals surface area contributed by atoms with Gasteiger partial charge in [-0.05, 0) is 32.8 Å². The molecule has 3 heterocycles. The molecule has 1 aliphatic heterocycles. The Kier molecular flexibility index (Phi) is 5.65. The molecule has 134 valence electrons. The van der Waals surface area contributed by atoms with Crippen LogP contribution in [-0.4, -0.2) is 45.4 Å². The summed E-state index contributed by atoms with van der Waals surface area (Å²) in [6, 6.07) is 5.95. The number of hydrogen-bond acceptors (Lipinski definition) is 7. The van der Waals surface area contributed by atoms with Crippen LogP contribution in [0.1, 0.15) is 32.3 Å². The van der Waals surface area contributed by atoms with Crippen molar-refractivity contribution in [3.05, 3.63) is 36.3 Å². The quantitative estimate of drug-likeness (QED) is 0.797. The molecule has 2 aromatic heterocycles. The van der Waals surface area contributed by atoms with Gasteiger partial charge in [0.15, 0.2) is 0 Å². The van der Waals surface area contributed by atoms with E-state index in [1.807, 2.05) is 32.0 Å². The zero-order valence-corrected chi connectivity index (χ0v) is 14.7. The second-order valence-electron chi connectivity index (χ2n) is 6.42. The van der Waals surface area contributed by atoms with Gasteiger partial charge in [0.05, 0.1) is 18.8 Å². The molecule has 0 aliphatic carbocycles. The molecule has 0 amide bonds. The zero-order valence-electron chi connectivity index (χ0n) is 14.7. The molecule has 0 bridgehead atoms. The number of ether oxygens (including phenoxy) is 1. The van der Waals surface area contributed by atoms with Gasteiger partial charge >= 0.3 is 0 Å². The third kappa shape index (κ3) is 4.36. The van der Waals surface area contributed by atoms with Gasteiger partial charge in [-0.2, -0.15) is 0 Å². The summed E-state index contributed by atoms with van der Waals surface area (Å²) in [4.78, 5) is 15.1. The first-order chi connectivity index (χ1) is 12.2. The predicted octanol–water partition coefficient (Wildman–Crippen LogP) is 2.23. The lowest BCUT2D eigenvalue weighted by Crippen LogP contribution is -2.32. The molecule has 0 spiro atoms. The lowest BCUT2D eigenvalue weighted by Gasteiger charge is -2.24. The third-order valence-electron chi connectivity index (χ3n) is 4.19. The minimum atomic E-state index is 0.0740. The maximum absolute atomic E-state index is 9.50. The Bertz CT molecular complexity index is 695. The van der Waals surface area contributed by atoms with E-state index in [1.54, 1.807) is 12.5 Å². The van der Waals surface area contributed by atoms with Gasteiger partial charge in [-0.25, -0.2) is 15.0 Å². The number of nitrogens with one attached hydrogen (secondary N) is 1. The molecule has 1 aliphatic rings. The molecule has 7 heteroatoms. The van der Waals surface area contributed by atoms with E-state index in [0.717, 1.165) is 36.6 Å². The molecule has 0 unspecified atom stereocenters. The SMILES string of the molecule is CC(C)Oc1ncccc1CNc1cc(N2CCC[C@H]2CO)ncn1. The van der Waals surface area contributed by atoms with Crippen LogP contribution in [0.15, 0.2) is 30.7 Å². The van der Waals surface area contributed by atoms with Crippen LogP contribution in [-0.2, 0) is 6.54 Å². The van der Waals surface area contributed by atoms with Crippen molar-refractivity contribution < 1.29 is 9.84 Å². The van der Waals surface area contributed by atoms with E-state index in [1.165, 1.54) is 0 Å². The van der Waals surface area contributed by atoms with Crippen molar-refractivity contribution in [2.45, 2.75) is 45.4 Å². The summed E-state index contributed by atoms with van der Waals surface area (Å²) in [7, 11) is 0. The highest BCUT2D eigenvalue weighted by molar-refractivity contribution is 5.50. The Morgan fingerprint density at radius 2 is 2.24 bits per heavy atom. The van der Waals surface area contributed by atoms with Gasteiger partial charge < -0.3 is 20.1 Å². The molecular formula is C18H25N5O2. The van der Waals surface area contributed by atoms with E-state index in [-0.39, 0.29) is 18.8 Å². The zero-order chi connectivity index (χ0) is 17.6. The molecule has 0 saturated carbocycles. The van der Waals surface area contributed by atoms with Crippen molar-refractivity contribution in [3.63, 3.8) is 0 Å². The summed E-state index contributed by atoms with van der Waals surface area (Å²) >= 11 is 0. The first-order valence-electron chi connectivity index (χ1n) is 8.71. The highest BCUT2D eigenvalue weighted by Crippen LogP contribution is 2.25. The highest BCUT2D eigenvalue weighted by atomic mass is 16.5. The van der Waals surface area contributed by atoms with Crippen molar-refractivity contribution in [1.29, 1.82) is 0 Å². The fourth-order valence-electron chi connectivity index (χ4n) is 3.00. The number of aliphatic hydroxyl groups excluding tert-OH is 1. The Hall–Kier alpha value is -2.41. The minimum Gasteiger partial charge on any atom is -0.475 e. The van der Waals surface area contributed by atoms with Crippen LogP contribution in [0, 0.1) is 0 Å². The van der Waals surface area contributed by atoms with Crippen LogP contribution in [0.2, 0.25) is 0 Å². The monoisotopic (exact) mass is 343 g/mol. The largest absolute Gasteiger partial charge is 0.475 e. The average molecular weight is 343 g/mol. The lowest BCUT2D eigenvalue weighted by molar-refractivity contribution is 0.230. The molecule has 25 heavy (non-hydrogen) atoms. The molecule has 1 atom stereocenters. The van der Waals surface area contributed by atoms with Crippen LogP contribution < -0.4 is 15.0 Å². The van der Waals surface area contributed by atoms with E-state index in [2.05, 4.69) is 25.2 Å². The number of aromatic nitrogens is 3. The third-order valence-corrected chi connectivity index (χ3v) is 4.19. The summed E-state index contributed by atoms with van der Waals surface area (Å²) in [6.45, 7) is 5.59. The molecule has 2 aromatic rings. The van der Waals surface area contributed by atoms with E-state index < -0.39 is 0 Å². The van der Waals surface area contributed by atoms with Gasteiger partial charge in [0.2, 0.25) is 5.88 Å². The number of rotatable bonds is 7. The summed E-state index contributed by atoms with van der Waals surface area (Å²) in [6.07, 6.45) is 5.43. The summed E-state index contributed by atoms with van der Waals surface area (Å²) < 4.78 is 5.75. The van der Waals surface area contributed by atoms with Crippen LogP contribution in [0.25, 0.3) is 0 Å². The van der Waals surface area contributed by atoms with Crippen molar-refractivity contribution >= 4 is 11.6 Å². The number of nitrogens with zero attached hydrogens (tertiary/aromatic N) is 4. The number of pyridine rings is 1. The minimum absolute atomic E-state index is 0.0740. The van der Waals surface area contributed by atoms with Crippen molar-refractivity contribution in [2.75, 3.05) is 23.4 Å². The maximum Gasteiger partial charge on any atom is 0.218 e. The fourth-order valence-corrected chi connectivity index (χ4v) is 3.00. The van der Waals surface area contributed by atoms with Gasteiger partial charge in [-0.3, -0.25) is 0 Å². The highest BCUT2D eigenvalue weighted by Gasteiger charge is 2.25. The topological polar surface area (TPSA) is 83.4 Å². The first-order valence-corrected chi connectivity index (χ1v) is 8.71.